The van der Waals surface area contributed by atoms with Gasteiger partial charge in [-0.3, -0.25) is 9.59 Å². The van der Waals surface area contributed by atoms with E-state index >= 15 is 0 Å². The molecule has 1 rings (SSSR count). The summed E-state index contributed by atoms with van der Waals surface area (Å²) < 4.78 is 13.8. The monoisotopic (exact) mass is 302 g/mol. The van der Waals surface area contributed by atoms with Gasteiger partial charge in [-0.05, 0) is 34.5 Å². The Morgan fingerprint density at radius 1 is 1.41 bits per heavy atom. The second kappa shape index (κ2) is 6.34. The van der Waals surface area contributed by atoms with Gasteiger partial charge in [-0.1, -0.05) is 6.07 Å². The molecule has 0 aliphatic rings. The van der Waals surface area contributed by atoms with Crippen molar-refractivity contribution in [2.24, 2.45) is 5.73 Å². The molecule has 0 bridgehead atoms. The van der Waals surface area contributed by atoms with Gasteiger partial charge in [-0.25, -0.2) is 4.39 Å². The molecule has 17 heavy (non-hydrogen) atoms. The van der Waals surface area contributed by atoms with Gasteiger partial charge in [-0.15, -0.1) is 0 Å². The fourth-order valence-electron chi connectivity index (χ4n) is 1.27. The highest BCUT2D eigenvalue weighted by atomic mass is 79.9. The number of primary amides is 1. The van der Waals surface area contributed by atoms with Crippen LogP contribution >= 0.6 is 15.9 Å². The fraction of sp³-hybridized carbons (Fsp3) is 0.273. The Morgan fingerprint density at radius 2 is 2.12 bits per heavy atom. The molecule has 0 saturated carbocycles. The quantitative estimate of drug-likeness (QED) is 0.811. The maximum Gasteiger partial charge on any atom is 0.255 e. The Kier molecular flexibility index (Phi) is 5.09. The number of carbonyl (C=O) groups excluding carboxylic acids is 2. The molecule has 0 saturated heterocycles. The zero-order chi connectivity index (χ0) is 12.8. The third-order valence-electron chi connectivity index (χ3n) is 2.08. The lowest BCUT2D eigenvalue weighted by Gasteiger charge is -2.07. The molecule has 0 fully saturated rings. The van der Waals surface area contributed by atoms with Gasteiger partial charge in [0, 0.05) is 17.4 Å². The van der Waals surface area contributed by atoms with Crippen LogP contribution in [-0.2, 0) is 4.79 Å². The minimum atomic E-state index is -0.591. The van der Waals surface area contributed by atoms with Crippen LogP contribution in [0, 0.1) is 5.82 Å². The Morgan fingerprint density at radius 3 is 2.71 bits per heavy atom. The molecule has 0 aromatic heterocycles. The summed E-state index contributed by atoms with van der Waals surface area (Å²) in [6.07, 6.45) is 0.631. The first-order valence-electron chi connectivity index (χ1n) is 5.03. The number of rotatable bonds is 5. The zero-order valence-electron chi connectivity index (χ0n) is 9.00. The SMILES string of the molecule is NC(=O)CCCNC(=O)c1c(F)cccc1Br. The van der Waals surface area contributed by atoms with Crippen molar-refractivity contribution in [3.05, 3.63) is 34.1 Å². The molecule has 4 nitrogen and oxygen atoms in total. The summed E-state index contributed by atoms with van der Waals surface area (Å²) in [7, 11) is 0. The maximum absolute atomic E-state index is 13.4. The van der Waals surface area contributed by atoms with Gasteiger partial charge in [0.2, 0.25) is 5.91 Å². The van der Waals surface area contributed by atoms with Gasteiger partial charge in [0.1, 0.15) is 5.82 Å². The van der Waals surface area contributed by atoms with Gasteiger partial charge in [0.25, 0.3) is 5.91 Å². The van der Waals surface area contributed by atoms with Crippen molar-refractivity contribution in [3.63, 3.8) is 0 Å². The number of nitrogens with two attached hydrogens (primary N) is 1. The lowest BCUT2D eigenvalue weighted by Crippen LogP contribution is -2.26. The second-order valence-electron chi connectivity index (χ2n) is 3.42. The predicted molar refractivity (Wildman–Crippen MR) is 64.9 cm³/mol. The fourth-order valence-corrected chi connectivity index (χ4v) is 1.79. The summed E-state index contributed by atoms with van der Waals surface area (Å²) in [6.45, 7) is 0.280. The minimum Gasteiger partial charge on any atom is -0.370 e. The lowest BCUT2D eigenvalue weighted by atomic mass is 10.2. The first kappa shape index (κ1) is 13.6. The van der Waals surface area contributed by atoms with E-state index in [2.05, 4.69) is 21.2 Å². The van der Waals surface area contributed by atoms with E-state index in [0.29, 0.717) is 10.9 Å². The molecule has 3 N–H and O–H groups in total. The van der Waals surface area contributed by atoms with Gasteiger partial charge in [0.15, 0.2) is 0 Å². The molecule has 1 aromatic rings. The Hall–Kier alpha value is -1.43. The number of hydrogen-bond donors (Lipinski definition) is 2. The summed E-state index contributed by atoms with van der Waals surface area (Å²) in [6, 6.07) is 4.30. The number of halogens is 2. The largest absolute Gasteiger partial charge is 0.370 e. The van der Waals surface area contributed by atoms with Crippen LogP contribution in [0.1, 0.15) is 23.2 Å². The molecular weight excluding hydrogens is 291 g/mol. The first-order valence-corrected chi connectivity index (χ1v) is 5.82. The standard InChI is InChI=1S/C11H12BrFN2O2/c12-7-3-1-4-8(13)10(7)11(17)15-6-2-5-9(14)16/h1,3-4H,2,5-6H2,(H2,14,16)(H,15,17). The average molecular weight is 303 g/mol. The van der Waals surface area contributed by atoms with Crippen LogP contribution in [0.4, 0.5) is 4.39 Å². The molecule has 0 heterocycles. The van der Waals surface area contributed by atoms with Crippen molar-refractivity contribution >= 4 is 27.7 Å². The van der Waals surface area contributed by atoms with Gasteiger partial charge < -0.3 is 11.1 Å². The lowest BCUT2D eigenvalue weighted by molar-refractivity contribution is -0.118. The van der Waals surface area contributed by atoms with Crippen molar-refractivity contribution < 1.29 is 14.0 Å². The van der Waals surface area contributed by atoms with Crippen molar-refractivity contribution in [2.45, 2.75) is 12.8 Å². The van der Waals surface area contributed by atoms with E-state index in [1.54, 1.807) is 6.07 Å². The van der Waals surface area contributed by atoms with Crippen LogP contribution in [0.15, 0.2) is 22.7 Å². The number of benzene rings is 1. The highest BCUT2D eigenvalue weighted by Gasteiger charge is 2.14. The first-order chi connectivity index (χ1) is 8.02. The molecule has 0 aliphatic heterocycles. The van der Waals surface area contributed by atoms with Crippen LogP contribution in [0.25, 0.3) is 0 Å². The predicted octanol–water partition coefficient (Wildman–Crippen LogP) is 1.58. The average Bonchev–Trinajstić information content (AvgIpc) is 2.24. The summed E-state index contributed by atoms with van der Waals surface area (Å²) >= 11 is 3.10. The van der Waals surface area contributed by atoms with E-state index in [1.807, 2.05) is 0 Å². The molecule has 0 atom stereocenters. The summed E-state index contributed by atoms with van der Waals surface area (Å²) in [4.78, 5) is 22.1. The zero-order valence-corrected chi connectivity index (χ0v) is 10.6. The molecule has 92 valence electrons. The van der Waals surface area contributed by atoms with E-state index in [9.17, 15) is 14.0 Å². The Balaban J connectivity index is 2.55. The highest BCUT2D eigenvalue weighted by Crippen LogP contribution is 2.19. The molecule has 1 aromatic carbocycles. The van der Waals surface area contributed by atoms with E-state index in [1.165, 1.54) is 12.1 Å². The van der Waals surface area contributed by atoms with Crippen molar-refractivity contribution in [2.75, 3.05) is 6.54 Å². The van der Waals surface area contributed by atoms with Gasteiger partial charge >= 0.3 is 0 Å². The van der Waals surface area contributed by atoms with Crippen LogP contribution in [0.3, 0.4) is 0 Å². The molecule has 0 spiro atoms. The number of hydrogen-bond acceptors (Lipinski definition) is 2. The van der Waals surface area contributed by atoms with Crippen molar-refractivity contribution in [3.8, 4) is 0 Å². The van der Waals surface area contributed by atoms with Crippen LogP contribution in [0.5, 0.6) is 0 Å². The van der Waals surface area contributed by atoms with E-state index < -0.39 is 17.6 Å². The smallest absolute Gasteiger partial charge is 0.255 e. The Bertz CT molecular complexity index is 417. The topological polar surface area (TPSA) is 72.2 Å². The van der Waals surface area contributed by atoms with Gasteiger partial charge in [-0.2, -0.15) is 0 Å². The second-order valence-corrected chi connectivity index (χ2v) is 4.28. The van der Waals surface area contributed by atoms with Crippen LogP contribution in [-0.4, -0.2) is 18.4 Å². The van der Waals surface area contributed by atoms with Gasteiger partial charge in [0.05, 0.1) is 5.56 Å². The molecule has 0 aliphatic carbocycles. The molecule has 6 heteroatoms. The summed E-state index contributed by atoms with van der Waals surface area (Å²) in [5.41, 5.74) is 4.91. The van der Waals surface area contributed by atoms with E-state index in [-0.39, 0.29) is 18.5 Å². The molecule has 2 amide bonds. The number of carbonyl (C=O) groups is 2. The third kappa shape index (κ3) is 4.14. The molecule has 0 unspecified atom stereocenters. The third-order valence-corrected chi connectivity index (χ3v) is 2.74. The minimum absolute atomic E-state index is 0.0356. The summed E-state index contributed by atoms with van der Waals surface area (Å²) in [5, 5.41) is 2.52. The van der Waals surface area contributed by atoms with Crippen LogP contribution in [0.2, 0.25) is 0 Å². The molecular formula is C11H12BrFN2O2. The highest BCUT2D eigenvalue weighted by molar-refractivity contribution is 9.10. The maximum atomic E-state index is 13.4. The van der Waals surface area contributed by atoms with Crippen molar-refractivity contribution in [1.82, 2.24) is 5.32 Å². The Labute approximate surface area is 107 Å². The normalized spacial score (nSPS) is 10.0. The van der Waals surface area contributed by atoms with Crippen molar-refractivity contribution in [1.29, 1.82) is 0 Å². The number of amides is 2. The molecule has 0 radical (unpaired) electrons. The summed E-state index contributed by atoms with van der Waals surface area (Å²) in [5.74, 6) is -1.53. The van der Waals surface area contributed by atoms with E-state index in [4.69, 9.17) is 5.73 Å². The van der Waals surface area contributed by atoms with E-state index in [0.717, 1.165) is 0 Å². The van der Waals surface area contributed by atoms with Crippen LogP contribution < -0.4 is 11.1 Å². The number of nitrogens with one attached hydrogen (secondary N) is 1.